The van der Waals surface area contributed by atoms with E-state index in [1.54, 1.807) is 0 Å². The van der Waals surface area contributed by atoms with Gasteiger partial charge in [0.2, 0.25) is 5.91 Å². The molecule has 3 nitrogen and oxygen atoms in total. The maximum atomic E-state index is 12.4. The summed E-state index contributed by atoms with van der Waals surface area (Å²) in [7, 11) is 0. The van der Waals surface area contributed by atoms with E-state index in [0.717, 1.165) is 13.0 Å². The van der Waals surface area contributed by atoms with Crippen LogP contribution in [-0.2, 0) is 4.79 Å². The van der Waals surface area contributed by atoms with Crippen LogP contribution in [0.25, 0.3) is 0 Å². The van der Waals surface area contributed by atoms with Gasteiger partial charge in [0.15, 0.2) is 0 Å². The van der Waals surface area contributed by atoms with E-state index in [1.807, 2.05) is 0 Å². The SMILES string of the molecule is CC1CCCCN1C(=O)CC1CC2CCC(C1)N2.Cl. The van der Waals surface area contributed by atoms with E-state index in [2.05, 4.69) is 17.1 Å². The average molecular weight is 287 g/mol. The van der Waals surface area contributed by atoms with Gasteiger partial charge in [-0.1, -0.05) is 0 Å². The topological polar surface area (TPSA) is 32.3 Å². The molecule has 4 heteroatoms. The van der Waals surface area contributed by atoms with E-state index in [9.17, 15) is 4.79 Å². The Kier molecular flexibility index (Phi) is 5.13. The van der Waals surface area contributed by atoms with Crippen LogP contribution in [0.1, 0.15) is 58.3 Å². The largest absolute Gasteiger partial charge is 0.340 e. The van der Waals surface area contributed by atoms with Crippen molar-refractivity contribution in [3.63, 3.8) is 0 Å². The van der Waals surface area contributed by atoms with Gasteiger partial charge in [-0.3, -0.25) is 4.79 Å². The number of carbonyl (C=O) groups excluding carboxylic acids is 1. The summed E-state index contributed by atoms with van der Waals surface area (Å²) in [4.78, 5) is 14.6. The van der Waals surface area contributed by atoms with E-state index in [4.69, 9.17) is 0 Å². The average Bonchev–Trinajstić information content (AvgIpc) is 2.69. The van der Waals surface area contributed by atoms with Crippen LogP contribution in [0, 0.1) is 5.92 Å². The van der Waals surface area contributed by atoms with Crippen molar-refractivity contribution in [2.75, 3.05) is 6.54 Å². The molecule has 0 saturated carbocycles. The second kappa shape index (κ2) is 6.45. The molecule has 3 fully saturated rings. The molecule has 0 radical (unpaired) electrons. The van der Waals surface area contributed by atoms with Crippen molar-refractivity contribution >= 4 is 18.3 Å². The van der Waals surface area contributed by atoms with Crippen LogP contribution in [0.3, 0.4) is 0 Å². The molecule has 3 unspecified atom stereocenters. The standard InChI is InChI=1S/C15H26N2O.ClH/c1-11-4-2-3-7-17(11)15(18)10-12-8-13-5-6-14(9-12)16-13;/h11-14,16H,2-10H2,1H3;1H. The van der Waals surface area contributed by atoms with Crippen LogP contribution in [0.2, 0.25) is 0 Å². The first-order chi connectivity index (χ1) is 8.72. The lowest BCUT2D eigenvalue weighted by molar-refractivity contribution is -0.135. The van der Waals surface area contributed by atoms with E-state index >= 15 is 0 Å². The molecule has 0 aromatic heterocycles. The van der Waals surface area contributed by atoms with Crippen LogP contribution in [0.15, 0.2) is 0 Å². The summed E-state index contributed by atoms with van der Waals surface area (Å²) >= 11 is 0. The molecule has 3 aliphatic heterocycles. The van der Waals surface area contributed by atoms with E-state index in [0.29, 0.717) is 30.0 Å². The van der Waals surface area contributed by atoms with Gasteiger partial charge in [-0.2, -0.15) is 0 Å². The summed E-state index contributed by atoms with van der Waals surface area (Å²) in [6.07, 6.45) is 9.61. The van der Waals surface area contributed by atoms with Gasteiger partial charge in [-0.25, -0.2) is 0 Å². The minimum Gasteiger partial charge on any atom is -0.340 e. The van der Waals surface area contributed by atoms with Gasteiger partial charge in [0.25, 0.3) is 0 Å². The summed E-state index contributed by atoms with van der Waals surface area (Å²) in [6, 6.07) is 1.89. The van der Waals surface area contributed by atoms with Crippen molar-refractivity contribution in [1.82, 2.24) is 10.2 Å². The second-order valence-electron chi connectivity index (χ2n) is 6.61. The zero-order valence-electron chi connectivity index (χ0n) is 11.9. The Labute approximate surface area is 122 Å². The molecule has 3 rings (SSSR count). The number of rotatable bonds is 2. The zero-order valence-corrected chi connectivity index (χ0v) is 12.8. The highest BCUT2D eigenvalue weighted by Crippen LogP contribution is 2.33. The lowest BCUT2D eigenvalue weighted by Crippen LogP contribution is -2.44. The second-order valence-corrected chi connectivity index (χ2v) is 6.61. The smallest absolute Gasteiger partial charge is 0.223 e. The van der Waals surface area contributed by atoms with E-state index in [1.165, 1.54) is 44.9 Å². The first-order valence-corrected chi connectivity index (χ1v) is 7.78. The van der Waals surface area contributed by atoms with Gasteiger partial charge in [0.1, 0.15) is 0 Å². The first-order valence-electron chi connectivity index (χ1n) is 7.78. The fourth-order valence-electron chi connectivity index (χ4n) is 4.17. The number of nitrogens with one attached hydrogen (secondary N) is 1. The van der Waals surface area contributed by atoms with Gasteiger partial charge in [-0.15, -0.1) is 12.4 Å². The van der Waals surface area contributed by atoms with Crippen LogP contribution < -0.4 is 5.32 Å². The molecular weight excluding hydrogens is 260 g/mol. The van der Waals surface area contributed by atoms with Gasteiger partial charge in [0, 0.05) is 31.1 Å². The van der Waals surface area contributed by atoms with Crippen LogP contribution in [0.4, 0.5) is 0 Å². The van der Waals surface area contributed by atoms with Crippen LogP contribution in [-0.4, -0.2) is 35.5 Å². The monoisotopic (exact) mass is 286 g/mol. The van der Waals surface area contributed by atoms with Crippen molar-refractivity contribution < 1.29 is 4.79 Å². The number of nitrogens with zero attached hydrogens (tertiary/aromatic N) is 1. The number of piperidine rings is 2. The Balaban J connectivity index is 0.00000133. The molecule has 19 heavy (non-hydrogen) atoms. The summed E-state index contributed by atoms with van der Waals surface area (Å²) in [5, 5.41) is 3.66. The number of fused-ring (bicyclic) bond motifs is 2. The molecule has 3 heterocycles. The third-order valence-corrected chi connectivity index (χ3v) is 5.16. The molecule has 3 saturated heterocycles. The predicted molar refractivity (Wildman–Crippen MR) is 79.6 cm³/mol. The predicted octanol–water partition coefficient (Wildman–Crippen LogP) is 2.73. The molecule has 3 aliphatic rings. The van der Waals surface area contributed by atoms with E-state index < -0.39 is 0 Å². The third-order valence-electron chi connectivity index (χ3n) is 5.16. The highest BCUT2D eigenvalue weighted by molar-refractivity contribution is 5.85. The summed E-state index contributed by atoms with van der Waals surface area (Å²) < 4.78 is 0. The molecule has 1 amide bonds. The number of amides is 1. The Morgan fingerprint density at radius 3 is 2.47 bits per heavy atom. The molecule has 3 atom stereocenters. The first kappa shape index (κ1) is 15.1. The third kappa shape index (κ3) is 3.43. The Morgan fingerprint density at radius 2 is 1.84 bits per heavy atom. The Hall–Kier alpha value is -0.280. The number of carbonyl (C=O) groups is 1. The van der Waals surface area contributed by atoms with Gasteiger partial charge < -0.3 is 10.2 Å². The van der Waals surface area contributed by atoms with Crippen LogP contribution in [0.5, 0.6) is 0 Å². The molecule has 0 aromatic carbocycles. The fourth-order valence-corrected chi connectivity index (χ4v) is 4.17. The van der Waals surface area contributed by atoms with E-state index in [-0.39, 0.29) is 12.4 Å². The summed E-state index contributed by atoms with van der Waals surface area (Å²) in [6.45, 7) is 3.21. The van der Waals surface area contributed by atoms with Crippen molar-refractivity contribution in [1.29, 1.82) is 0 Å². The number of halogens is 1. The molecule has 1 N–H and O–H groups in total. The number of likely N-dealkylation sites (tertiary alicyclic amines) is 1. The van der Waals surface area contributed by atoms with Crippen molar-refractivity contribution in [2.24, 2.45) is 5.92 Å². The van der Waals surface area contributed by atoms with Crippen molar-refractivity contribution in [2.45, 2.75) is 76.4 Å². The van der Waals surface area contributed by atoms with Gasteiger partial charge in [0.05, 0.1) is 0 Å². The molecule has 110 valence electrons. The summed E-state index contributed by atoms with van der Waals surface area (Å²) in [5.74, 6) is 1.07. The van der Waals surface area contributed by atoms with Crippen LogP contribution >= 0.6 is 12.4 Å². The lowest BCUT2D eigenvalue weighted by atomic mass is 9.88. The quantitative estimate of drug-likeness (QED) is 0.846. The highest BCUT2D eigenvalue weighted by Gasteiger charge is 2.35. The molecule has 0 spiro atoms. The zero-order chi connectivity index (χ0) is 12.5. The fraction of sp³-hybridized carbons (Fsp3) is 0.933. The molecule has 0 aromatic rings. The lowest BCUT2D eigenvalue weighted by Gasteiger charge is -2.36. The minimum absolute atomic E-state index is 0. The molecule has 2 bridgehead atoms. The normalized spacial score (nSPS) is 37.8. The Morgan fingerprint density at radius 1 is 1.16 bits per heavy atom. The summed E-state index contributed by atoms with van der Waals surface area (Å²) in [5.41, 5.74) is 0. The molecular formula is C15H27ClN2O. The maximum absolute atomic E-state index is 12.4. The molecule has 0 aliphatic carbocycles. The highest BCUT2D eigenvalue weighted by atomic mass is 35.5. The van der Waals surface area contributed by atoms with Crippen molar-refractivity contribution in [3.05, 3.63) is 0 Å². The van der Waals surface area contributed by atoms with Crippen molar-refractivity contribution in [3.8, 4) is 0 Å². The number of hydrogen-bond donors (Lipinski definition) is 1. The van der Waals surface area contributed by atoms with Gasteiger partial charge >= 0.3 is 0 Å². The maximum Gasteiger partial charge on any atom is 0.223 e. The van der Waals surface area contributed by atoms with Gasteiger partial charge in [-0.05, 0) is 57.8 Å². The number of hydrogen-bond acceptors (Lipinski definition) is 2. The minimum atomic E-state index is 0. The Bertz CT molecular complexity index is 311.